The third-order valence-corrected chi connectivity index (χ3v) is 5.33. The molecular formula is C19H40N4O2. The van der Waals surface area contributed by atoms with E-state index < -0.39 is 0 Å². The van der Waals surface area contributed by atoms with E-state index in [1.54, 1.807) is 0 Å². The van der Waals surface area contributed by atoms with Crippen LogP contribution >= 0.6 is 0 Å². The average molecular weight is 357 g/mol. The molecule has 148 valence electrons. The van der Waals surface area contributed by atoms with Crippen LogP contribution in [-0.2, 0) is 9.47 Å². The fourth-order valence-corrected chi connectivity index (χ4v) is 3.88. The first-order chi connectivity index (χ1) is 11.6. The zero-order valence-electron chi connectivity index (χ0n) is 16.9. The van der Waals surface area contributed by atoms with Gasteiger partial charge in [0, 0.05) is 19.4 Å². The van der Waals surface area contributed by atoms with Crippen molar-refractivity contribution in [3.05, 3.63) is 0 Å². The lowest BCUT2D eigenvalue weighted by Gasteiger charge is -2.41. The van der Waals surface area contributed by atoms with Crippen LogP contribution in [0.5, 0.6) is 0 Å². The lowest BCUT2D eigenvalue weighted by molar-refractivity contribution is -0.197. The van der Waals surface area contributed by atoms with Gasteiger partial charge >= 0.3 is 0 Å². The predicted molar refractivity (Wildman–Crippen MR) is 103 cm³/mol. The molecule has 0 aromatic heterocycles. The molecule has 5 N–H and O–H groups in total. The Balaban J connectivity index is 0.000000705. The third-order valence-electron chi connectivity index (χ3n) is 5.33. The number of rotatable bonds is 5. The molecule has 1 unspecified atom stereocenters. The molecule has 25 heavy (non-hydrogen) atoms. The summed E-state index contributed by atoms with van der Waals surface area (Å²) in [5.41, 5.74) is 9.36. The molecule has 2 fully saturated rings. The van der Waals surface area contributed by atoms with Crippen molar-refractivity contribution in [2.45, 2.75) is 78.6 Å². The largest absolute Gasteiger partial charge is 0.370 e. The van der Waals surface area contributed by atoms with E-state index in [1.807, 2.05) is 0 Å². The molecule has 0 radical (unpaired) electrons. The normalized spacial score (nSPS) is 29.5. The number of ether oxygens (including phenoxy) is 2. The molecule has 0 bridgehead atoms. The predicted octanol–water partition coefficient (Wildman–Crippen LogP) is 2.90. The molecule has 1 atom stereocenters. The van der Waals surface area contributed by atoms with Crippen LogP contribution in [0.25, 0.3) is 0 Å². The van der Waals surface area contributed by atoms with Gasteiger partial charge in [-0.1, -0.05) is 34.6 Å². The minimum absolute atomic E-state index is 0.252. The summed E-state index contributed by atoms with van der Waals surface area (Å²) in [4.78, 5) is 2.48. The van der Waals surface area contributed by atoms with E-state index in [2.05, 4.69) is 51.0 Å². The number of hydrogen-bond donors (Lipinski definition) is 3. The molecule has 1 saturated carbocycles. The molecule has 0 amide bonds. The maximum absolute atomic E-state index is 6.37. The number of hydrogen-bond acceptors (Lipinski definition) is 4. The van der Waals surface area contributed by atoms with Gasteiger partial charge in [0.1, 0.15) is 0 Å². The Morgan fingerprint density at radius 2 is 1.76 bits per heavy atom. The van der Waals surface area contributed by atoms with Gasteiger partial charge in [-0.2, -0.15) is 0 Å². The van der Waals surface area contributed by atoms with Gasteiger partial charge in [0.25, 0.3) is 0 Å². The molecule has 1 spiro atoms. The van der Waals surface area contributed by atoms with Crippen LogP contribution in [0.15, 0.2) is 0 Å². The molecule has 0 aromatic rings. The molecule has 6 heteroatoms. The highest BCUT2D eigenvalue weighted by molar-refractivity contribution is 5.71. The van der Waals surface area contributed by atoms with Gasteiger partial charge in [-0.05, 0) is 43.7 Å². The van der Waals surface area contributed by atoms with Crippen molar-refractivity contribution < 1.29 is 9.47 Å². The van der Waals surface area contributed by atoms with Crippen molar-refractivity contribution in [3.63, 3.8) is 0 Å². The molecule has 1 heterocycles. The van der Waals surface area contributed by atoms with E-state index in [4.69, 9.17) is 14.9 Å². The molecule has 1 aliphatic heterocycles. The molecule has 0 aromatic carbocycles. The highest BCUT2D eigenvalue weighted by Gasteiger charge is 2.45. The van der Waals surface area contributed by atoms with E-state index in [0.717, 1.165) is 45.0 Å². The summed E-state index contributed by atoms with van der Waals surface area (Å²) in [5, 5.41) is 6.06. The monoisotopic (exact) mass is 356 g/mol. The second kappa shape index (κ2) is 9.74. The number of nitrogens with one attached hydrogen (secondary N) is 1. The number of guanidine groups is 1. The van der Waals surface area contributed by atoms with Crippen LogP contribution in [0.3, 0.4) is 0 Å². The Morgan fingerprint density at radius 3 is 2.20 bits per heavy atom. The summed E-state index contributed by atoms with van der Waals surface area (Å²) in [6.07, 6.45) is 6.10. The molecule has 1 saturated heterocycles. The second-order valence-corrected chi connectivity index (χ2v) is 8.45. The second-order valence-electron chi connectivity index (χ2n) is 8.45. The summed E-state index contributed by atoms with van der Waals surface area (Å²) in [6.45, 7) is 15.6. The topological polar surface area (TPSA) is 97.6 Å². The van der Waals surface area contributed by atoms with Gasteiger partial charge in [0.2, 0.25) is 0 Å². The summed E-state index contributed by atoms with van der Waals surface area (Å²) >= 11 is 0. The quantitative estimate of drug-likeness (QED) is 0.520. The maximum atomic E-state index is 6.37. The standard InChI is InChI=1S/C18H35NO2.CH5N3/c1-6-12-19(7-2)13-16-14-20-18(21-16)10-8-15(9-11-18)17(3,4)5;2-1(3)4/h15-16H,6-14H2,1-5H3;(H5,2,3,4). The van der Waals surface area contributed by atoms with Crippen molar-refractivity contribution in [2.75, 3.05) is 26.2 Å². The smallest absolute Gasteiger partial charge is 0.183 e. The zero-order chi connectivity index (χ0) is 19.1. The Bertz CT molecular complexity index is 397. The van der Waals surface area contributed by atoms with Gasteiger partial charge in [-0.3, -0.25) is 5.41 Å². The average Bonchev–Trinajstić information content (AvgIpc) is 2.88. The highest BCUT2D eigenvalue weighted by atomic mass is 16.7. The van der Waals surface area contributed by atoms with Crippen molar-refractivity contribution in [2.24, 2.45) is 22.8 Å². The van der Waals surface area contributed by atoms with Crippen LogP contribution in [0, 0.1) is 16.7 Å². The summed E-state index contributed by atoms with van der Waals surface area (Å²) in [6, 6.07) is 0. The van der Waals surface area contributed by atoms with Crippen molar-refractivity contribution in [1.29, 1.82) is 5.41 Å². The van der Waals surface area contributed by atoms with Crippen molar-refractivity contribution >= 4 is 5.96 Å². The first kappa shape index (κ1) is 22.2. The van der Waals surface area contributed by atoms with Crippen LogP contribution in [-0.4, -0.2) is 49.0 Å². The minimum atomic E-state index is -0.333. The molecule has 2 rings (SSSR count). The van der Waals surface area contributed by atoms with Gasteiger partial charge < -0.3 is 25.8 Å². The summed E-state index contributed by atoms with van der Waals surface area (Å²) in [7, 11) is 0. The van der Waals surface area contributed by atoms with Crippen molar-refractivity contribution in [3.8, 4) is 0 Å². The molecule has 6 nitrogen and oxygen atoms in total. The first-order valence-electron chi connectivity index (χ1n) is 9.75. The number of nitrogens with zero attached hydrogens (tertiary/aromatic N) is 1. The van der Waals surface area contributed by atoms with Crippen LogP contribution in [0.2, 0.25) is 0 Å². The Hall–Kier alpha value is -0.850. The SMILES string of the molecule is CCCN(CC)CC1COC2(CCC(C(C)(C)C)CC2)O1.N=C(N)N. The Labute approximate surface area is 154 Å². The van der Waals surface area contributed by atoms with E-state index in [0.29, 0.717) is 5.41 Å². The maximum Gasteiger partial charge on any atom is 0.183 e. The zero-order valence-corrected chi connectivity index (χ0v) is 16.9. The summed E-state index contributed by atoms with van der Waals surface area (Å²) < 4.78 is 12.5. The van der Waals surface area contributed by atoms with E-state index in [9.17, 15) is 0 Å². The number of likely N-dealkylation sites (N-methyl/N-ethyl adjacent to an activating group) is 1. The molecule has 1 aliphatic carbocycles. The van der Waals surface area contributed by atoms with Crippen molar-refractivity contribution in [1.82, 2.24) is 4.90 Å². The van der Waals surface area contributed by atoms with Gasteiger partial charge in [-0.15, -0.1) is 0 Å². The fourth-order valence-electron chi connectivity index (χ4n) is 3.88. The van der Waals surface area contributed by atoms with Crippen LogP contribution in [0.4, 0.5) is 0 Å². The van der Waals surface area contributed by atoms with E-state index in [1.165, 1.54) is 19.3 Å². The third kappa shape index (κ3) is 7.50. The van der Waals surface area contributed by atoms with Gasteiger partial charge in [-0.25, -0.2) is 0 Å². The Kier molecular flexibility index (Phi) is 8.64. The molecular weight excluding hydrogens is 316 g/mol. The lowest BCUT2D eigenvalue weighted by Crippen LogP contribution is -2.40. The fraction of sp³-hybridized carbons (Fsp3) is 0.947. The lowest BCUT2D eigenvalue weighted by atomic mass is 9.71. The minimum Gasteiger partial charge on any atom is -0.370 e. The van der Waals surface area contributed by atoms with Crippen LogP contribution < -0.4 is 11.5 Å². The summed E-state index contributed by atoms with van der Waals surface area (Å²) in [5.74, 6) is 0.222. The van der Waals surface area contributed by atoms with E-state index in [-0.39, 0.29) is 17.9 Å². The van der Waals surface area contributed by atoms with Gasteiger partial charge in [0.05, 0.1) is 12.7 Å². The number of nitrogens with two attached hydrogens (primary N) is 2. The van der Waals surface area contributed by atoms with Gasteiger partial charge in [0.15, 0.2) is 11.7 Å². The Morgan fingerprint density at radius 1 is 1.20 bits per heavy atom. The molecule has 2 aliphatic rings. The van der Waals surface area contributed by atoms with Crippen LogP contribution in [0.1, 0.15) is 66.7 Å². The first-order valence-corrected chi connectivity index (χ1v) is 9.75. The highest BCUT2D eigenvalue weighted by Crippen LogP contribution is 2.45. The van der Waals surface area contributed by atoms with E-state index >= 15 is 0 Å².